The fraction of sp³-hybridized carbons (Fsp3) is 0.400. The summed E-state index contributed by atoms with van der Waals surface area (Å²) in [6, 6.07) is 3.80. The lowest BCUT2D eigenvalue weighted by atomic mass is 9.99. The van der Waals surface area contributed by atoms with E-state index in [1.807, 2.05) is 12.1 Å². The van der Waals surface area contributed by atoms with Gasteiger partial charge in [0, 0.05) is 19.3 Å². The fourth-order valence-electron chi connectivity index (χ4n) is 2.53. The molecule has 0 radical (unpaired) electrons. The van der Waals surface area contributed by atoms with Gasteiger partial charge in [0.15, 0.2) is 11.6 Å². The van der Waals surface area contributed by atoms with Crippen molar-refractivity contribution in [2.24, 2.45) is 5.92 Å². The molecule has 1 aliphatic heterocycles. The number of hydrogen-bond acceptors (Lipinski definition) is 6. The Bertz CT molecular complexity index is 592. The topological polar surface area (TPSA) is 80.0 Å². The maximum atomic E-state index is 6.25. The van der Waals surface area contributed by atoms with Crippen molar-refractivity contribution in [3.8, 4) is 0 Å². The predicted molar refractivity (Wildman–Crippen MR) is 84.6 cm³/mol. The molecule has 3 N–H and O–H groups in total. The number of anilines is 4. The van der Waals surface area contributed by atoms with Crippen LogP contribution in [0.2, 0.25) is 0 Å². The zero-order valence-electron chi connectivity index (χ0n) is 12.2. The number of piperidine rings is 1. The molecule has 3 rings (SSSR count). The minimum absolute atomic E-state index is 0.593. The number of nitrogens with two attached hydrogens (primary N) is 1. The molecule has 1 fully saturated rings. The predicted octanol–water partition coefficient (Wildman–Crippen LogP) is 2.43. The lowest BCUT2D eigenvalue weighted by Crippen LogP contribution is -2.34. The van der Waals surface area contributed by atoms with Gasteiger partial charge in [-0.25, -0.2) is 9.97 Å². The third-order valence-electron chi connectivity index (χ3n) is 3.87. The van der Waals surface area contributed by atoms with Crippen LogP contribution in [-0.4, -0.2) is 28.0 Å². The van der Waals surface area contributed by atoms with Gasteiger partial charge in [0.05, 0.1) is 11.9 Å². The van der Waals surface area contributed by atoms with Gasteiger partial charge in [-0.2, -0.15) is 0 Å². The van der Waals surface area contributed by atoms with E-state index in [0.717, 1.165) is 30.5 Å². The average Bonchev–Trinajstić information content (AvgIpc) is 2.52. The summed E-state index contributed by atoms with van der Waals surface area (Å²) in [5.41, 5.74) is 7.70. The van der Waals surface area contributed by atoms with Crippen molar-refractivity contribution in [1.82, 2.24) is 15.0 Å². The Morgan fingerprint density at radius 1 is 1.29 bits per heavy atom. The molecule has 0 atom stereocenters. The van der Waals surface area contributed by atoms with E-state index in [9.17, 15) is 0 Å². The van der Waals surface area contributed by atoms with Gasteiger partial charge in [-0.05, 0) is 30.9 Å². The van der Waals surface area contributed by atoms with E-state index in [2.05, 4.69) is 32.1 Å². The summed E-state index contributed by atoms with van der Waals surface area (Å²) in [6.45, 7) is 4.28. The minimum Gasteiger partial charge on any atom is -0.393 e. The fourth-order valence-corrected chi connectivity index (χ4v) is 2.53. The average molecular weight is 284 g/mol. The Morgan fingerprint density at radius 3 is 2.81 bits per heavy atom. The van der Waals surface area contributed by atoms with Gasteiger partial charge in [-0.15, -0.1) is 0 Å². The van der Waals surface area contributed by atoms with Crippen LogP contribution in [0.25, 0.3) is 0 Å². The molecular formula is C15H20N6. The molecule has 3 heterocycles. The van der Waals surface area contributed by atoms with Crippen LogP contribution in [0, 0.1) is 5.92 Å². The molecule has 21 heavy (non-hydrogen) atoms. The standard InChI is InChI=1S/C15H20N6/c1-11-4-7-21(8-5-11)15-13(16)14(18-10-19-15)20-12-3-2-6-17-9-12/h2-3,6,9-11H,4-5,7-8,16H2,1H3,(H,18,19,20). The van der Waals surface area contributed by atoms with E-state index < -0.39 is 0 Å². The summed E-state index contributed by atoms with van der Waals surface area (Å²) < 4.78 is 0. The molecule has 110 valence electrons. The van der Waals surface area contributed by atoms with E-state index in [4.69, 9.17) is 5.73 Å². The van der Waals surface area contributed by atoms with Crippen molar-refractivity contribution in [1.29, 1.82) is 0 Å². The van der Waals surface area contributed by atoms with Gasteiger partial charge in [0.25, 0.3) is 0 Å². The van der Waals surface area contributed by atoms with Gasteiger partial charge in [-0.3, -0.25) is 4.98 Å². The van der Waals surface area contributed by atoms with Gasteiger partial charge >= 0.3 is 0 Å². The molecule has 0 bridgehead atoms. The van der Waals surface area contributed by atoms with Crippen LogP contribution < -0.4 is 16.0 Å². The Kier molecular flexibility index (Phi) is 3.85. The second-order valence-electron chi connectivity index (χ2n) is 5.50. The van der Waals surface area contributed by atoms with Gasteiger partial charge in [0.1, 0.15) is 12.0 Å². The minimum atomic E-state index is 0.593. The van der Waals surface area contributed by atoms with Gasteiger partial charge in [0.2, 0.25) is 0 Å². The summed E-state index contributed by atoms with van der Waals surface area (Å²) in [7, 11) is 0. The van der Waals surface area contributed by atoms with Crippen molar-refractivity contribution in [2.45, 2.75) is 19.8 Å². The maximum Gasteiger partial charge on any atom is 0.159 e. The number of pyridine rings is 1. The van der Waals surface area contributed by atoms with Gasteiger partial charge in [-0.1, -0.05) is 6.92 Å². The molecule has 0 spiro atoms. The molecule has 1 aliphatic rings. The molecule has 0 amide bonds. The first-order valence-electron chi connectivity index (χ1n) is 7.26. The lowest BCUT2D eigenvalue weighted by Gasteiger charge is -2.32. The van der Waals surface area contributed by atoms with Crippen LogP contribution in [0.15, 0.2) is 30.9 Å². The Hall–Kier alpha value is -2.37. The smallest absolute Gasteiger partial charge is 0.159 e. The van der Waals surface area contributed by atoms with Crippen LogP contribution in [-0.2, 0) is 0 Å². The lowest BCUT2D eigenvalue weighted by molar-refractivity contribution is 0.437. The number of nitrogens with one attached hydrogen (secondary N) is 1. The highest BCUT2D eigenvalue weighted by molar-refractivity contribution is 5.78. The zero-order chi connectivity index (χ0) is 14.7. The van der Waals surface area contributed by atoms with Gasteiger partial charge < -0.3 is 16.0 Å². The highest BCUT2D eigenvalue weighted by Gasteiger charge is 2.20. The first-order valence-corrected chi connectivity index (χ1v) is 7.26. The van der Waals surface area contributed by atoms with Crippen LogP contribution in [0.1, 0.15) is 19.8 Å². The number of rotatable bonds is 3. The Labute approximate surface area is 124 Å². The normalized spacial score (nSPS) is 16.0. The van der Waals surface area contributed by atoms with Crippen LogP contribution in [0.3, 0.4) is 0 Å². The highest BCUT2D eigenvalue weighted by atomic mass is 15.2. The number of aromatic nitrogens is 3. The zero-order valence-corrected chi connectivity index (χ0v) is 12.2. The summed E-state index contributed by atoms with van der Waals surface area (Å²) in [6.07, 6.45) is 7.38. The second kappa shape index (κ2) is 5.95. The van der Waals surface area contributed by atoms with E-state index >= 15 is 0 Å². The van der Waals surface area contributed by atoms with E-state index in [1.54, 1.807) is 18.7 Å². The van der Waals surface area contributed by atoms with Crippen molar-refractivity contribution in [3.05, 3.63) is 30.9 Å². The third-order valence-corrected chi connectivity index (χ3v) is 3.87. The monoisotopic (exact) mass is 284 g/mol. The summed E-state index contributed by atoms with van der Waals surface area (Å²) in [5.74, 6) is 2.23. The number of hydrogen-bond donors (Lipinski definition) is 2. The van der Waals surface area contributed by atoms with Crippen LogP contribution >= 0.6 is 0 Å². The second-order valence-corrected chi connectivity index (χ2v) is 5.50. The molecule has 6 nitrogen and oxygen atoms in total. The van der Waals surface area contributed by atoms with Crippen molar-refractivity contribution in [3.63, 3.8) is 0 Å². The number of nitrogens with zero attached hydrogens (tertiary/aromatic N) is 4. The summed E-state index contributed by atoms with van der Waals surface area (Å²) >= 11 is 0. The summed E-state index contributed by atoms with van der Waals surface area (Å²) in [4.78, 5) is 14.9. The molecule has 1 saturated heterocycles. The van der Waals surface area contributed by atoms with E-state index in [0.29, 0.717) is 11.5 Å². The Morgan fingerprint density at radius 2 is 2.10 bits per heavy atom. The molecule has 0 unspecified atom stereocenters. The maximum absolute atomic E-state index is 6.25. The Balaban J connectivity index is 1.82. The molecule has 2 aromatic heterocycles. The van der Waals surface area contributed by atoms with E-state index in [1.165, 1.54) is 12.8 Å². The third kappa shape index (κ3) is 3.04. The molecule has 0 aromatic carbocycles. The molecule has 6 heteroatoms. The molecule has 2 aromatic rings. The first-order chi connectivity index (χ1) is 10.2. The van der Waals surface area contributed by atoms with Crippen molar-refractivity contribution >= 4 is 23.0 Å². The van der Waals surface area contributed by atoms with E-state index in [-0.39, 0.29) is 0 Å². The molecule has 0 aliphatic carbocycles. The summed E-state index contributed by atoms with van der Waals surface area (Å²) in [5, 5.41) is 3.20. The molecular weight excluding hydrogens is 264 g/mol. The van der Waals surface area contributed by atoms with Crippen molar-refractivity contribution < 1.29 is 0 Å². The van der Waals surface area contributed by atoms with Crippen LogP contribution in [0.5, 0.6) is 0 Å². The largest absolute Gasteiger partial charge is 0.393 e. The molecule has 0 saturated carbocycles. The number of nitrogen functional groups attached to an aromatic ring is 1. The quantitative estimate of drug-likeness (QED) is 0.901. The van der Waals surface area contributed by atoms with Crippen molar-refractivity contribution in [2.75, 3.05) is 29.0 Å². The first kappa shape index (κ1) is 13.6. The van der Waals surface area contributed by atoms with Crippen LogP contribution in [0.4, 0.5) is 23.0 Å². The highest BCUT2D eigenvalue weighted by Crippen LogP contribution is 2.30. The SMILES string of the molecule is CC1CCN(c2ncnc(Nc3cccnc3)c2N)CC1.